The summed E-state index contributed by atoms with van der Waals surface area (Å²) in [5, 5.41) is 11.8. The van der Waals surface area contributed by atoms with Crippen LogP contribution in [0.3, 0.4) is 0 Å². The largest absolute Gasteiger partial charge is 0.480 e. The molecule has 10 heavy (non-hydrogen) atoms. The average molecular weight is 139 g/mol. The molecule has 0 amide bonds. The van der Waals surface area contributed by atoms with Crippen molar-refractivity contribution in [3.8, 4) is 0 Å². The highest BCUT2D eigenvalue weighted by Gasteiger charge is 2.45. The quantitative estimate of drug-likeness (QED) is 0.508. The van der Waals surface area contributed by atoms with Crippen molar-refractivity contribution in [2.75, 3.05) is 0 Å². The van der Waals surface area contributed by atoms with E-state index in [4.69, 9.17) is 5.11 Å². The van der Waals surface area contributed by atoms with E-state index >= 15 is 0 Å². The van der Waals surface area contributed by atoms with Crippen LogP contribution < -0.4 is 5.32 Å². The summed E-state index contributed by atoms with van der Waals surface area (Å²) >= 11 is 0. The smallest absolute Gasteiger partial charge is 0.327 e. The van der Waals surface area contributed by atoms with Crippen LogP contribution in [0.1, 0.15) is 12.8 Å². The van der Waals surface area contributed by atoms with Gasteiger partial charge in [-0.1, -0.05) is 12.2 Å². The maximum Gasteiger partial charge on any atom is 0.327 e. The van der Waals surface area contributed by atoms with Gasteiger partial charge in [0, 0.05) is 6.04 Å². The van der Waals surface area contributed by atoms with Gasteiger partial charge in [-0.3, -0.25) is 5.32 Å². The summed E-state index contributed by atoms with van der Waals surface area (Å²) in [4.78, 5) is 10.7. The number of aliphatic carboxylic acids is 1. The molecule has 0 radical (unpaired) electrons. The fraction of sp³-hybridized carbons (Fsp3) is 0.571. The molecule has 0 aromatic carbocycles. The summed E-state index contributed by atoms with van der Waals surface area (Å²) in [5.74, 6) is -0.747. The molecule has 0 aromatic rings. The monoisotopic (exact) mass is 139 g/mol. The zero-order chi connectivity index (χ0) is 7.19. The van der Waals surface area contributed by atoms with E-state index in [0.29, 0.717) is 6.04 Å². The first-order chi connectivity index (χ1) is 4.73. The van der Waals surface area contributed by atoms with E-state index in [1.807, 2.05) is 6.08 Å². The molecule has 2 N–H and O–H groups in total. The third-order valence-corrected chi connectivity index (χ3v) is 2.29. The first-order valence-electron chi connectivity index (χ1n) is 3.43. The molecule has 0 saturated carbocycles. The molecule has 2 heterocycles. The Morgan fingerprint density at radius 3 is 2.80 bits per heavy atom. The summed E-state index contributed by atoms with van der Waals surface area (Å²) < 4.78 is 0. The van der Waals surface area contributed by atoms with Gasteiger partial charge in [0.1, 0.15) is 5.54 Å². The highest BCUT2D eigenvalue weighted by molar-refractivity contribution is 5.83. The maximum absolute atomic E-state index is 10.7. The minimum Gasteiger partial charge on any atom is -0.480 e. The Morgan fingerprint density at radius 2 is 2.60 bits per heavy atom. The highest BCUT2D eigenvalue weighted by Crippen LogP contribution is 2.31. The molecular weight excluding hydrogens is 130 g/mol. The molecule has 2 atom stereocenters. The van der Waals surface area contributed by atoms with Crippen LogP contribution >= 0.6 is 0 Å². The molecule has 0 spiro atoms. The molecule has 0 aromatic heterocycles. The number of rotatable bonds is 1. The predicted octanol–water partition coefficient (Wildman–Crippen LogP) is 0.132. The molecule has 2 rings (SSSR count). The van der Waals surface area contributed by atoms with Crippen molar-refractivity contribution >= 4 is 5.97 Å². The van der Waals surface area contributed by atoms with Crippen molar-refractivity contribution in [2.24, 2.45) is 0 Å². The van der Waals surface area contributed by atoms with Crippen LogP contribution in [-0.2, 0) is 4.79 Å². The molecule has 2 aliphatic rings. The van der Waals surface area contributed by atoms with Crippen LogP contribution in [0.2, 0.25) is 0 Å². The molecule has 3 heteroatoms. The van der Waals surface area contributed by atoms with Crippen LogP contribution in [0.4, 0.5) is 0 Å². The Hall–Kier alpha value is -0.830. The summed E-state index contributed by atoms with van der Waals surface area (Å²) in [6.45, 7) is 0. The summed E-state index contributed by atoms with van der Waals surface area (Å²) in [7, 11) is 0. The number of nitrogens with one attached hydrogen (secondary N) is 1. The van der Waals surface area contributed by atoms with Gasteiger partial charge in [0.25, 0.3) is 0 Å². The summed E-state index contributed by atoms with van der Waals surface area (Å²) in [6.07, 6.45) is 5.41. The van der Waals surface area contributed by atoms with E-state index in [9.17, 15) is 4.79 Å². The topological polar surface area (TPSA) is 49.3 Å². The molecule has 0 unspecified atom stereocenters. The predicted molar refractivity (Wildman–Crippen MR) is 35.7 cm³/mol. The Kier molecular flexibility index (Phi) is 0.951. The maximum atomic E-state index is 10.7. The number of hydrogen-bond donors (Lipinski definition) is 2. The standard InChI is InChI=1S/C7H9NO2/c9-6(10)7-3-1-5(8-7)2-4-7/h1,3,5,8H,2,4H2,(H,9,10)/t5-,7+/m1/s1. The zero-order valence-corrected chi connectivity index (χ0v) is 5.50. The van der Waals surface area contributed by atoms with Gasteiger partial charge in [0.2, 0.25) is 0 Å². The second-order valence-electron chi connectivity index (χ2n) is 2.93. The van der Waals surface area contributed by atoms with Gasteiger partial charge in [-0.05, 0) is 12.8 Å². The van der Waals surface area contributed by atoms with Crippen LogP contribution in [0.15, 0.2) is 12.2 Å². The van der Waals surface area contributed by atoms with Gasteiger partial charge >= 0.3 is 5.97 Å². The van der Waals surface area contributed by atoms with Crippen molar-refractivity contribution in [1.82, 2.24) is 5.32 Å². The Balaban J connectivity index is 2.32. The summed E-state index contributed by atoms with van der Waals surface area (Å²) in [5.41, 5.74) is -0.704. The number of fused-ring (bicyclic) bond motifs is 2. The van der Waals surface area contributed by atoms with E-state index in [1.54, 1.807) is 6.08 Å². The van der Waals surface area contributed by atoms with E-state index in [2.05, 4.69) is 5.32 Å². The third kappa shape index (κ3) is 0.555. The van der Waals surface area contributed by atoms with Crippen molar-refractivity contribution in [1.29, 1.82) is 0 Å². The number of carbonyl (C=O) groups is 1. The van der Waals surface area contributed by atoms with Crippen LogP contribution in [0.25, 0.3) is 0 Å². The van der Waals surface area contributed by atoms with Crippen LogP contribution in [-0.4, -0.2) is 22.7 Å². The van der Waals surface area contributed by atoms with Gasteiger partial charge in [0.15, 0.2) is 0 Å². The van der Waals surface area contributed by atoms with Crippen LogP contribution in [0, 0.1) is 0 Å². The first kappa shape index (κ1) is 5.92. The lowest BCUT2D eigenvalue weighted by Crippen LogP contribution is -2.44. The normalized spacial score (nSPS) is 42.6. The van der Waals surface area contributed by atoms with E-state index in [0.717, 1.165) is 12.8 Å². The Bertz CT molecular complexity index is 212. The third-order valence-electron chi connectivity index (χ3n) is 2.29. The highest BCUT2D eigenvalue weighted by atomic mass is 16.4. The molecule has 3 nitrogen and oxygen atoms in total. The average Bonchev–Trinajstić information content (AvgIpc) is 2.45. The molecule has 1 saturated heterocycles. The molecule has 2 bridgehead atoms. The minimum absolute atomic E-state index is 0.316. The fourth-order valence-electron chi connectivity index (χ4n) is 1.65. The van der Waals surface area contributed by atoms with E-state index in [-0.39, 0.29) is 0 Å². The van der Waals surface area contributed by atoms with Gasteiger partial charge in [-0.2, -0.15) is 0 Å². The van der Waals surface area contributed by atoms with Gasteiger partial charge < -0.3 is 5.11 Å². The fourth-order valence-corrected chi connectivity index (χ4v) is 1.65. The molecule has 1 fully saturated rings. The number of hydrogen-bond acceptors (Lipinski definition) is 2. The molecule has 2 aliphatic heterocycles. The van der Waals surface area contributed by atoms with Gasteiger partial charge in [-0.25, -0.2) is 4.79 Å². The SMILES string of the molecule is O=C(O)[C@]12C=C[C@H](CC1)N2. The Morgan fingerprint density at radius 1 is 1.80 bits per heavy atom. The van der Waals surface area contributed by atoms with Crippen LogP contribution in [0.5, 0.6) is 0 Å². The lowest BCUT2D eigenvalue weighted by Gasteiger charge is -2.16. The van der Waals surface area contributed by atoms with Gasteiger partial charge in [-0.15, -0.1) is 0 Å². The van der Waals surface area contributed by atoms with Crippen molar-refractivity contribution in [3.05, 3.63) is 12.2 Å². The minimum atomic E-state index is -0.747. The molecular formula is C7H9NO2. The zero-order valence-electron chi connectivity index (χ0n) is 5.50. The van der Waals surface area contributed by atoms with Crippen molar-refractivity contribution in [3.63, 3.8) is 0 Å². The molecule has 54 valence electrons. The Labute approximate surface area is 58.7 Å². The van der Waals surface area contributed by atoms with Crippen molar-refractivity contribution < 1.29 is 9.90 Å². The van der Waals surface area contributed by atoms with Gasteiger partial charge in [0.05, 0.1) is 0 Å². The number of carboxylic acid groups (broad SMARTS) is 1. The summed E-state index contributed by atoms with van der Waals surface area (Å²) in [6, 6.07) is 0.316. The van der Waals surface area contributed by atoms with E-state index < -0.39 is 11.5 Å². The second-order valence-corrected chi connectivity index (χ2v) is 2.93. The van der Waals surface area contributed by atoms with E-state index in [1.165, 1.54) is 0 Å². The lowest BCUT2D eigenvalue weighted by molar-refractivity contribution is -0.142. The molecule has 0 aliphatic carbocycles. The first-order valence-corrected chi connectivity index (χ1v) is 3.43. The second kappa shape index (κ2) is 1.61. The number of carboxylic acids is 1. The van der Waals surface area contributed by atoms with Crippen molar-refractivity contribution in [2.45, 2.75) is 24.4 Å². The lowest BCUT2D eigenvalue weighted by atomic mass is 9.94.